The molecule has 0 saturated carbocycles. The number of hydrogen-bond donors (Lipinski definition) is 1. The molecule has 29 heavy (non-hydrogen) atoms. The molecule has 1 amide bonds. The largest absolute Gasteiger partial charge is 0.321 e. The van der Waals surface area contributed by atoms with Crippen molar-refractivity contribution in [3.8, 4) is 16.9 Å². The van der Waals surface area contributed by atoms with Crippen molar-refractivity contribution in [2.24, 2.45) is 0 Å². The van der Waals surface area contributed by atoms with Gasteiger partial charge in [0.1, 0.15) is 5.69 Å². The number of benzene rings is 3. The molecular formula is C24H18N4O. The average molecular weight is 378 g/mol. The van der Waals surface area contributed by atoms with E-state index in [1.165, 1.54) is 5.56 Å². The third-order valence-electron chi connectivity index (χ3n) is 4.99. The monoisotopic (exact) mass is 378 g/mol. The van der Waals surface area contributed by atoms with Crippen LogP contribution in [0.15, 0.2) is 79.0 Å². The fourth-order valence-electron chi connectivity index (χ4n) is 3.49. The third-order valence-corrected chi connectivity index (χ3v) is 4.99. The van der Waals surface area contributed by atoms with Crippen LogP contribution in [0.1, 0.15) is 16.7 Å². The van der Waals surface area contributed by atoms with Gasteiger partial charge in [-0.3, -0.25) is 4.79 Å². The van der Waals surface area contributed by atoms with Gasteiger partial charge in [0.15, 0.2) is 0 Å². The topological polar surface area (TPSA) is 59.8 Å². The smallest absolute Gasteiger partial charge is 0.256 e. The van der Waals surface area contributed by atoms with Crippen molar-refractivity contribution in [3.05, 3.63) is 95.7 Å². The van der Waals surface area contributed by atoms with Gasteiger partial charge in [0.05, 0.1) is 11.9 Å². The van der Waals surface area contributed by atoms with Crippen LogP contribution in [-0.2, 0) is 4.79 Å². The van der Waals surface area contributed by atoms with Crippen LogP contribution in [0.5, 0.6) is 0 Å². The summed E-state index contributed by atoms with van der Waals surface area (Å²) >= 11 is 0. The number of rotatable bonds is 3. The summed E-state index contributed by atoms with van der Waals surface area (Å²) in [5, 5.41) is 11.4. The molecule has 0 atom stereocenters. The van der Waals surface area contributed by atoms with E-state index in [-0.39, 0.29) is 5.91 Å². The summed E-state index contributed by atoms with van der Waals surface area (Å²) in [7, 11) is 0. The lowest BCUT2D eigenvalue weighted by molar-refractivity contribution is -0.110. The van der Waals surface area contributed by atoms with Gasteiger partial charge in [0.2, 0.25) is 0 Å². The summed E-state index contributed by atoms with van der Waals surface area (Å²) in [4.78, 5) is 12.3. The minimum absolute atomic E-state index is 0.0728. The van der Waals surface area contributed by atoms with Crippen molar-refractivity contribution >= 4 is 23.2 Å². The molecule has 3 aromatic carbocycles. The molecule has 5 nitrogen and oxygen atoms in total. The number of nitrogens with one attached hydrogen (secondary N) is 1. The molecule has 1 aliphatic heterocycles. The SMILES string of the molecule is Cc1cccc(-n2cc(-c3ccc(/C=C4\C(=O)Nc5ccccc54)cc3)nn2)c1. The maximum absolute atomic E-state index is 12.3. The van der Waals surface area contributed by atoms with Crippen LogP contribution in [-0.4, -0.2) is 20.9 Å². The molecule has 140 valence electrons. The van der Waals surface area contributed by atoms with Gasteiger partial charge in [0.25, 0.3) is 5.91 Å². The number of fused-ring (bicyclic) bond motifs is 1. The van der Waals surface area contributed by atoms with Crippen molar-refractivity contribution in [1.82, 2.24) is 15.0 Å². The number of carbonyl (C=O) groups excluding carboxylic acids is 1. The second kappa shape index (κ2) is 6.87. The molecule has 0 aliphatic carbocycles. The average Bonchev–Trinajstić information content (AvgIpc) is 3.34. The van der Waals surface area contributed by atoms with E-state index in [2.05, 4.69) is 34.7 Å². The Balaban J connectivity index is 1.42. The number of amides is 1. The van der Waals surface area contributed by atoms with E-state index in [4.69, 9.17) is 0 Å². The zero-order chi connectivity index (χ0) is 19.8. The zero-order valence-corrected chi connectivity index (χ0v) is 15.8. The normalized spacial score (nSPS) is 14.1. The zero-order valence-electron chi connectivity index (χ0n) is 15.8. The van der Waals surface area contributed by atoms with Gasteiger partial charge in [-0.15, -0.1) is 5.10 Å². The lowest BCUT2D eigenvalue weighted by atomic mass is 10.0. The van der Waals surface area contributed by atoms with Gasteiger partial charge in [-0.1, -0.05) is 59.8 Å². The summed E-state index contributed by atoms with van der Waals surface area (Å²) in [6.45, 7) is 2.05. The Morgan fingerprint density at radius 1 is 0.966 bits per heavy atom. The van der Waals surface area contributed by atoms with Gasteiger partial charge in [0, 0.05) is 22.4 Å². The number of para-hydroxylation sites is 1. The van der Waals surface area contributed by atoms with Crippen LogP contribution in [0.4, 0.5) is 5.69 Å². The standard InChI is InChI=1S/C24H18N4O/c1-16-5-4-6-19(13-16)28-15-23(26-27-28)18-11-9-17(10-12-18)14-21-20-7-2-3-8-22(20)25-24(21)29/h2-15H,1H3,(H,25,29)/b21-14-. The van der Waals surface area contributed by atoms with Crippen molar-refractivity contribution in [2.75, 3.05) is 5.32 Å². The molecule has 0 spiro atoms. The Morgan fingerprint density at radius 3 is 2.62 bits per heavy atom. The Bertz CT molecular complexity index is 1250. The van der Waals surface area contributed by atoms with Crippen molar-refractivity contribution < 1.29 is 4.79 Å². The molecule has 0 fully saturated rings. The molecule has 2 heterocycles. The lowest BCUT2D eigenvalue weighted by Gasteiger charge is -2.01. The number of hydrogen-bond acceptors (Lipinski definition) is 3. The third kappa shape index (κ3) is 3.23. The van der Waals surface area contributed by atoms with Gasteiger partial charge in [-0.2, -0.15) is 0 Å². The van der Waals surface area contributed by atoms with E-state index in [0.29, 0.717) is 5.57 Å². The van der Waals surface area contributed by atoms with Crippen LogP contribution >= 0.6 is 0 Å². The van der Waals surface area contributed by atoms with Crippen molar-refractivity contribution in [1.29, 1.82) is 0 Å². The first kappa shape index (κ1) is 17.1. The van der Waals surface area contributed by atoms with Crippen LogP contribution < -0.4 is 5.32 Å². The minimum atomic E-state index is -0.0728. The maximum atomic E-state index is 12.3. The van der Waals surface area contributed by atoms with Gasteiger partial charge in [-0.25, -0.2) is 4.68 Å². The van der Waals surface area contributed by atoms with Crippen LogP contribution in [0.3, 0.4) is 0 Å². The summed E-state index contributed by atoms with van der Waals surface area (Å²) in [5.74, 6) is -0.0728. The van der Waals surface area contributed by atoms with Crippen molar-refractivity contribution in [3.63, 3.8) is 0 Å². The highest BCUT2D eigenvalue weighted by molar-refractivity contribution is 6.34. The van der Waals surface area contributed by atoms with E-state index < -0.39 is 0 Å². The van der Waals surface area contributed by atoms with Crippen LogP contribution in [0.25, 0.3) is 28.6 Å². The maximum Gasteiger partial charge on any atom is 0.256 e. The molecule has 0 bridgehead atoms. The number of carbonyl (C=O) groups is 1. The first-order valence-electron chi connectivity index (χ1n) is 9.40. The summed E-state index contributed by atoms with van der Waals surface area (Å²) in [5.41, 5.74) is 7.36. The Hall–Kier alpha value is -3.99. The van der Waals surface area contributed by atoms with E-state index in [9.17, 15) is 4.79 Å². The van der Waals surface area contributed by atoms with Gasteiger partial charge >= 0.3 is 0 Å². The molecule has 0 radical (unpaired) electrons. The highest BCUT2D eigenvalue weighted by atomic mass is 16.2. The quantitative estimate of drug-likeness (QED) is 0.524. The van der Waals surface area contributed by atoms with Gasteiger partial charge in [-0.05, 0) is 42.3 Å². The molecule has 1 aliphatic rings. The van der Waals surface area contributed by atoms with E-state index >= 15 is 0 Å². The number of aryl methyl sites for hydroxylation is 1. The Morgan fingerprint density at radius 2 is 1.79 bits per heavy atom. The molecule has 1 aromatic heterocycles. The highest BCUT2D eigenvalue weighted by Gasteiger charge is 2.23. The predicted octanol–water partition coefficient (Wildman–Crippen LogP) is 4.74. The van der Waals surface area contributed by atoms with Crippen LogP contribution in [0.2, 0.25) is 0 Å². The molecule has 0 unspecified atom stereocenters. The molecule has 5 heteroatoms. The fourth-order valence-corrected chi connectivity index (χ4v) is 3.49. The predicted molar refractivity (Wildman–Crippen MR) is 114 cm³/mol. The first-order valence-corrected chi connectivity index (χ1v) is 9.40. The lowest BCUT2D eigenvalue weighted by Crippen LogP contribution is -2.03. The molecule has 0 saturated heterocycles. The summed E-state index contributed by atoms with van der Waals surface area (Å²) in [6, 6.07) is 23.8. The number of anilines is 1. The second-order valence-corrected chi connectivity index (χ2v) is 7.07. The Kier molecular flexibility index (Phi) is 4.06. The van der Waals surface area contributed by atoms with Crippen molar-refractivity contribution in [2.45, 2.75) is 6.92 Å². The highest BCUT2D eigenvalue weighted by Crippen LogP contribution is 2.32. The molecule has 5 rings (SSSR count). The van der Waals surface area contributed by atoms with Gasteiger partial charge < -0.3 is 5.32 Å². The second-order valence-electron chi connectivity index (χ2n) is 7.07. The fraction of sp³-hybridized carbons (Fsp3) is 0.0417. The number of aromatic nitrogens is 3. The van der Waals surface area contributed by atoms with E-state index in [0.717, 1.165) is 33.8 Å². The summed E-state index contributed by atoms with van der Waals surface area (Å²) < 4.78 is 1.78. The number of nitrogens with zero attached hydrogens (tertiary/aromatic N) is 3. The molecular weight excluding hydrogens is 360 g/mol. The molecule has 4 aromatic rings. The first-order chi connectivity index (χ1) is 14.2. The van der Waals surface area contributed by atoms with Crippen LogP contribution in [0, 0.1) is 6.92 Å². The van der Waals surface area contributed by atoms with E-state index in [1.54, 1.807) is 4.68 Å². The summed E-state index contributed by atoms with van der Waals surface area (Å²) in [6.07, 6.45) is 3.83. The Labute approximate surface area is 168 Å². The minimum Gasteiger partial charge on any atom is -0.321 e. The van der Waals surface area contributed by atoms with E-state index in [1.807, 2.05) is 72.9 Å². The molecule has 1 N–H and O–H groups in total.